The van der Waals surface area contributed by atoms with Crippen LogP contribution in [0.1, 0.15) is 39.1 Å². The molecule has 0 bridgehead atoms. The smallest absolute Gasteiger partial charge is 0.237 e. The van der Waals surface area contributed by atoms with Crippen molar-refractivity contribution < 1.29 is 14.4 Å². The number of nitrogens with zero attached hydrogens (tertiary/aromatic N) is 1. The van der Waals surface area contributed by atoms with Crippen molar-refractivity contribution in [3.63, 3.8) is 0 Å². The Kier molecular flexibility index (Phi) is 8.35. The molecule has 0 saturated carbocycles. The van der Waals surface area contributed by atoms with Gasteiger partial charge >= 0.3 is 0 Å². The molecule has 0 aliphatic carbocycles. The van der Waals surface area contributed by atoms with Crippen LogP contribution in [0.25, 0.3) is 10.9 Å². The lowest BCUT2D eigenvalue weighted by atomic mass is 10.1. The summed E-state index contributed by atoms with van der Waals surface area (Å²) in [5.41, 5.74) is 8.51. The molecule has 9 heteroatoms. The number of nitrogens with two attached hydrogens (primary N) is 1. The summed E-state index contributed by atoms with van der Waals surface area (Å²) in [5.74, 6) is 5.56. The van der Waals surface area contributed by atoms with Crippen LogP contribution in [-0.4, -0.2) is 45.9 Å². The van der Waals surface area contributed by atoms with Crippen LogP contribution in [0.3, 0.4) is 0 Å². The summed E-state index contributed by atoms with van der Waals surface area (Å²) in [7, 11) is 0. The first kappa shape index (κ1) is 26.6. The second kappa shape index (κ2) is 12.2. The third kappa shape index (κ3) is 6.53. The number of amides is 3. The number of primary amides is 1. The molecule has 2 aromatic carbocycles. The number of nitrogens with one attached hydrogen (secondary N) is 2. The number of carbonyl (C=O) groups excluding carboxylic acids is 3. The van der Waals surface area contributed by atoms with E-state index in [9.17, 15) is 14.4 Å². The molecule has 1 saturated heterocycles. The van der Waals surface area contributed by atoms with E-state index in [4.69, 9.17) is 5.73 Å². The molecule has 3 heterocycles. The zero-order chi connectivity index (χ0) is 27.2. The second-order valence-electron chi connectivity index (χ2n) is 9.21. The summed E-state index contributed by atoms with van der Waals surface area (Å²) in [6, 6.07) is 21.7. The van der Waals surface area contributed by atoms with Gasteiger partial charge in [-0.15, -0.1) is 23.1 Å². The van der Waals surface area contributed by atoms with Crippen molar-refractivity contribution in [2.24, 2.45) is 5.73 Å². The van der Waals surface area contributed by atoms with Gasteiger partial charge in [-0.1, -0.05) is 48.2 Å². The fraction of sp³-hybridized carbons (Fsp3) is 0.233. The number of hydrogen-bond donors (Lipinski definition) is 3. The molecule has 5 rings (SSSR count). The Labute approximate surface area is 235 Å². The molecule has 0 spiro atoms. The molecule has 0 unspecified atom stereocenters. The molecule has 198 valence electrons. The third-order valence-electron chi connectivity index (χ3n) is 6.47. The van der Waals surface area contributed by atoms with E-state index in [2.05, 4.69) is 28.2 Å². The Balaban J connectivity index is 1.22. The highest BCUT2D eigenvalue weighted by molar-refractivity contribution is 8.01. The lowest BCUT2D eigenvalue weighted by molar-refractivity contribution is -0.132. The van der Waals surface area contributed by atoms with Crippen LogP contribution in [0.15, 0.2) is 72.9 Å². The van der Waals surface area contributed by atoms with Gasteiger partial charge in [0.25, 0.3) is 0 Å². The molecule has 2 atom stereocenters. The summed E-state index contributed by atoms with van der Waals surface area (Å²) in [4.78, 5) is 44.3. The predicted molar refractivity (Wildman–Crippen MR) is 156 cm³/mol. The van der Waals surface area contributed by atoms with Gasteiger partial charge in [-0.05, 0) is 42.3 Å². The number of benzene rings is 2. The van der Waals surface area contributed by atoms with E-state index in [-0.39, 0.29) is 36.6 Å². The van der Waals surface area contributed by atoms with Crippen LogP contribution in [-0.2, 0) is 20.8 Å². The number of aromatic nitrogens is 1. The van der Waals surface area contributed by atoms with E-state index in [0.29, 0.717) is 13.0 Å². The monoisotopic (exact) mass is 556 g/mol. The van der Waals surface area contributed by atoms with Gasteiger partial charge in [-0.25, -0.2) is 0 Å². The molecular formula is C30H28N4O3S2. The van der Waals surface area contributed by atoms with Gasteiger partial charge in [0, 0.05) is 53.5 Å². The van der Waals surface area contributed by atoms with Crippen LogP contribution in [0.2, 0.25) is 0 Å². The normalized spacial score (nSPS) is 16.7. The molecule has 3 amide bonds. The fourth-order valence-corrected chi connectivity index (χ4v) is 7.07. The van der Waals surface area contributed by atoms with Gasteiger partial charge in [0.15, 0.2) is 0 Å². The number of aromatic amines is 1. The molecule has 2 aromatic heterocycles. The summed E-state index contributed by atoms with van der Waals surface area (Å²) < 4.78 is 0. The number of rotatable bonds is 9. The van der Waals surface area contributed by atoms with Gasteiger partial charge in [-0.2, -0.15) is 0 Å². The second-order valence-corrected chi connectivity index (χ2v) is 11.6. The van der Waals surface area contributed by atoms with Crippen LogP contribution in [0, 0.1) is 11.8 Å². The van der Waals surface area contributed by atoms with Crippen molar-refractivity contribution in [1.82, 2.24) is 15.2 Å². The predicted octanol–water partition coefficient (Wildman–Crippen LogP) is 4.20. The van der Waals surface area contributed by atoms with Gasteiger partial charge in [0.1, 0.15) is 5.37 Å². The lowest BCUT2D eigenvalue weighted by Gasteiger charge is -2.22. The number of H-pyrrole nitrogens is 1. The molecule has 1 fully saturated rings. The van der Waals surface area contributed by atoms with Crippen molar-refractivity contribution in [2.45, 2.75) is 29.9 Å². The summed E-state index contributed by atoms with van der Waals surface area (Å²) in [6.45, 7) is 0.697. The highest BCUT2D eigenvalue weighted by Crippen LogP contribution is 2.46. The number of carbonyl (C=O) groups is 3. The Morgan fingerprint density at radius 3 is 2.64 bits per heavy atom. The maximum atomic E-state index is 13.3. The average Bonchev–Trinajstić information content (AvgIpc) is 3.65. The topological polar surface area (TPSA) is 108 Å². The maximum absolute atomic E-state index is 13.3. The van der Waals surface area contributed by atoms with Crippen molar-refractivity contribution >= 4 is 51.7 Å². The van der Waals surface area contributed by atoms with E-state index in [1.54, 1.807) is 4.90 Å². The van der Waals surface area contributed by atoms with E-state index < -0.39 is 11.2 Å². The zero-order valence-electron chi connectivity index (χ0n) is 21.2. The van der Waals surface area contributed by atoms with Gasteiger partial charge in [0.05, 0.1) is 10.1 Å². The van der Waals surface area contributed by atoms with Crippen LogP contribution >= 0.6 is 23.1 Å². The summed E-state index contributed by atoms with van der Waals surface area (Å²) >= 11 is 2.96. The van der Waals surface area contributed by atoms with Crippen molar-refractivity contribution in [3.8, 4) is 11.8 Å². The van der Waals surface area contributed by atoms with Gasteiger partial charge in [0.2, 0.25) is 17.7 Å². The fourth-order valence-electron chi connectivity index (χ4n) is 4.53. The quantitative estimate of drug-likeness (QED) is 0.269. The Hall–Kier alpha value is -4.00. The average molecular weight is 557 g/mol. The Bertz CT molecular complexity index is 1550. The number of hydrogen-bond acceptors (Lipinski definition) is 5. The minimum atomic E-state index is -0.531. The molecule has 0 radical (unpaired) electrons. The molecule has 39 heavy (non-hydrogen) atoms. The van der Waals surface area contributed by atoms with Crippen molar-refractivity contribution in [1.29, 1.82) is 0 Å². The number of thioether (sulfide) groups is 1. The Morgan fingerprint density at radius 1 is 1.03 bits per heavy atom. The number of fused-ring (bicyclic) bond motifs is 1. The molecule has 4 aromatic rings. The molecular weight excluding hydrogens is 528 g/mol. The summed E-state index contributed by atoms with van der Waals surface area (Å²) in [6.07, 6.45) is 2.80. The highest BCUT2D eigenvalue weighted by atomic mass is 32.2. The van der Waals surface area contributed by atoms with E-state index >= 15 is 0 Å². The van der Waals surface area contributed by atoms with Crippen molar-refractivity contribution in [2.75, 3.05) is 13.1 Å². The van der Waals surface area contributed by atoms with Gasteiger partial charge < -0.3 is 20.9 Å². The standard InChI is InChI=1S/C30H28N4O3S2/c31-27(35)15-17-34-29(37)26(18-28(36)32-16-14-21-19-33-24-9-5-4-8-23(21)24)39-30(34)25-13-12-22(38-25)11-10-20-6-2-1-3-7-20/h1-9,12-13,19,26,30,33H,14-18H2,(H2,31,35)(H,32,36)/t26-,30+/m1/s1. The van der Waals surface area contributed by atoms with Crippen LogP contribution < -0.4 is 11.1 Å². The third-order valence-corrected chi connectivity index (χ3v) is 9.14. The minimum Gasteiger partial charge on any atom is -0.370 e. The first-order valence-corrected chi connectivity index (χ1v) is 14.5. The SMILES string of the molecule is NC(=O)CCN1C(=O)[C@@H](CC(=O)NCCc2c[nH]c3ccccc23)S[C@H]1c1ccc(C#Cc2ccccc2)s1. The zero-order valence-corrected chi connectivity index (χ0v) is 22.8. The van der Waals surface area contributed by atoms with E-state index in [1.807, 2.05) is 66.9 Å². The van der Waals surface area contributed by atoms with Gasteiger partial charge in [-0.3, -0.25) is 14.4 Å². The minimum absolute atomic E-state index is 0.0678. The first-order chi connectivity index (χ1) is 19.0. The largest absolute Gasteiger partial charge is 0.370 e. The molecule has 4 N–H and O–H groups in total. The Morgan fingerprint density at radius 2 is 1.82 bits per heavy atom. The molecule has 1 aliphatic rings. The van der Waals surface area contributed by atoms with Crippen LogP contribution in [0.4, 0.5) is 0 Å². The molecule has 1 aliphatic heterocycles. The van der Waals surface area contributed by atoms with Crippen molar-refractivity contribution in [3.05, 3.63) is 93.8 Å². The molecule has 7 nitrogen and oxygen atoms in total. The van der Waals surface area contributed by atoms with E-state index in [0.717, 1.165) is 31.8 Å². The number of para-hydroxylation sites is 1. The summed E-state index contributed by atoms with van der Waals surface area (Å²) in [5, 5.41) is 3.28. The first-order valence-electron chi connectivity index (χ1n) is 12.7. The maximum Gasteiger partial charge on any atom is 0.237 e. The highest BCUT2D eigenvalue weighted by Gasteiger charge is 2.42. The van der Waals surface area contributed by atoms with Crippen LogP contribution in [0.5, 0.6) is 0 Å². The number of thiophene rings is 1. The lowest BCUT2D eigenvalue weighted by Crippen LogP contribution is -2.36. The van der Waals surface area contributed by atoms with E-state index in [1.165, 1.54) is 23.1 Å².